The molecule has 11 heteroatoms. The summed E-state index contributed by atoms with van der Waals surface area (Å²) in [6.45, 7) is 12.4. The molecule has 1 aliphatic heterocycles. The van der Waals surface area contributed by atoms with Gasteiger partial charge in [0.25, 0.3) is 0 Å². The first-order valence-electron chi connectivity index (χ1n) is 12.9. The van der Waals surface area contributed by atoms with Crippen molar-refractivity contribution in [1.29, 1.82) is 0 Å². The van der Waals surface area contributed by atoms with E-state index in [1.807, 2.05) is 59.9 Å². The van der Waals surface area contributed by atoms with Crippen LogP contribution in [0.25, 0.3) is 28.2 Å². The van der Waals surface area contributed by atoms with Crippen molar-refractivity contribution in [2.75, 3.05) is 19.8 Å². The second-order valence-corrected chi connectivity index (χ2v) is 9.66. The standard InChI is InChI=1S/C27H38N8O3/c1-8-37-26(28)19-9-10-21-20-11-22(31-17(5)25(20)33-32-21)24-16(4)34-35(7)27(24)38-18(6)15(3)29-12-23(19)30-14(2)13-36/h9-11,14-15,18,29,36H,8,12-13,28H2,1-7H3,(H,32,33)/b10-9+,26-19+,30-23?/t14-,15+,18?/m0/s1. The average molecular weight is 523 g/mol. The van der Waals surface area contributed by atoms with E-state index >= 15 is 0 Å². The molecule has 0 saturated heterocycles. The largest absolute Gasteiger partial charge is 0.479 e. The summed E-state index contributed by atoms with van der Waals surface area (Å²) in [6, 6.07) is 1.62. The minimum absolute atomic E-state index is 0.0644. The van der Waals surface area contributed by atoms with E-state index in [0.717, 1.165) is 39.2 Å². The molecule has 3 aromatic heterocycles. The number of allylic oxidation sites excluding steroid dienone is 1. The van der Waals surface area contributed by atoms with Gasteiger partial charge in [-0.3, -0.25) is 15.1 Å². The summed E-state index contributed by atoms with van der Waals surface area (Å²) in [6.07, 6.45) is 3.58. The van der Waals surface area contributed by atoms with Crippen molar-refractivity contribution in [3.63, 3.8) is 0 Å². The number of aryl methyl sites for hydroxylation is 3. The molecule has 0 fully saturated rings. The molecule has 0 amide bonds. The maximum atomic E-state index is 9.72. The number of nitrogens with two attached hydrogens (primary N) is 1. The molecule has 11 nitrogen and oxygen atoms in total. The molecule has 4 heterocycles. The first-order chi connectivity index (χ1) is 18.1. The highest BCUT2D eigenvalue weighted by Crippen LogP contribution is 2.35. The predicted molar refractivity (Wildman–Crippen MR) is 149 cm³/mol. The van der Waals surface area contributed by atoms with Gasteiger partial charge in [0.05, 0.1) is 58.9 Å². The number of nitrogens with one attached hydrogen (secondary N) is 2. The summed E-state index contributed by atoms with van der Waals surface area (Å²) < 4.78 is 13.9. The third-order valence-corrected chi connectivity index (χ3v) is 6.70. The number of rotatable bonds is 4. The molecule has 38 heavy (non-hydrogen) atoms. The van der Waals surface area contributed by atoms with E-state index in [2.05, 4.69) is 27.5 Å². The number of pyridine rings is 1. The highest BCUT2D eigenvalue weighted by atomic mass is 16.5. The van der Waals surface area contributed by atoms with E-state index < -0.39 is 0 Å². The van der Waals surface area contributed by atoms with E-state index in [1.54, 1.807) is 4.68 Å². The Morgan fingerprint density at radius 2 is 2.08 bits per heavy atom. The van der Waals surface area contributed by atoms with Gasteiger partial charge in [-0.25, -0.2) is 4.68 Å². The fourth-order valence-corrected chi connectivity index (χ4v) is 4.45. The SMILES string of the molecule is CCO/C(N)=C1\C=C\c2[nH]nc3c(C)nc(cc23)-c2c(C)nn(C)c2OC(C)[C@@H](C)NCC1=N[C@@H](C)CO. The number of aromatic nitrogens is 5. The Bertz CT molecular complexity index is 1400. The Kier molecular flexibility index (Phi) is 8.17. The quantitative estimate of drug-likeness (QED) is 0.382. The zero-order valence-electron chi connectivity index (χ0n) is 23.2. The second kappa shape index (κ2) is 11.4. The van der Waals surface area contributed by atoms with Gasteiger partial charge in [-0.05, 0) is 59.8 Å². The lowest BCUT2D eigenvalue weighted by atomic mass is 10.1. The molecule has 0 radical (unpaired) electrons. The summed E-state index contributed by atoms with van der Waals surface area (Å²) in [5.74, 6) is 0.904. The highest BCUT2D eigenvalue weighted by molar-refractivity contribution is 6.05. The van der Waals surface area contributed by atoms with E-state index in [9.17, 15) is 5.11 Å². The number of ether oxygens (including phenoxy) is 2. The van der Waals surface area contributed by atoms with E-state index in [-0.39, 0.29) is 30.7 Å². The minimum atomic E-state index is -0.320. The number of aromatic amines is 1. The van der Waals surface area contributed by atoms with Crippen LogP contribution in [0.15, 0.2) is 28.6 Å². The van der Waals surface area contributed by atoms with Crippen molar-refractivity contribution >= 4 is 22.7 Å². The average Bonchev–Trinajstić information content (AvgIpc) is 3.41. The molecule has 0 aromatic carbocycles. The van der Waals surface area contributed by atoms with Crippen LogP contribution in [0.1, 0.15) is 44.8 Å². The molecule has 1 unspecified atom stereocenters. The summed E-state index contributed by atoms with van der Waals surface area (Å²) in [5.41, 5.74) is 12.5. The van der Waals surface area contributed by atoms with Gasteiger partial charge in [-0.2, -0.15) is 10.2 Å². The van der Waals surface area contributed by atoms with Crippen LogP contribution in [0.2, 0.25) is 0 Å². The van der Waals surface area contributed by atoms with Gasteiger partial charge < -0.3 is 25.6 Å². The van der Waals surface area contributed by atoms with Crippen LogP contribution in [-0.2, 0) is 11.8 Å². The molecule has 5 N–H and O–H groups in total. The normalized spacial score (nSPS) is 22.5. The summed E-state index contributed by atoms with van der Waals surface area (Å²) in [5, 5.41) is 26.4. The predicted octanol–water partition coefficient (Wildman–Crippen LogP) is 2.78. The topological polar surface area (TPSA) is 148 Å². The van der Waals surface area contributed by atoms with Crippen LogP contribution in [0, 0.1) is 13.8 Å². The first kappa shape index (κ1) is 27.3. The van der Waals surface area contributed by atoms with Gasteiger partial charge in [-0.15, -0.1) is 0 Å². The number of nitrogens with zero attached hydrogens (tertiary/aromatic N) is 5. The Balaban J connectivity index is 1.97. The lowest BCUT2D eigenvalue weighted by Crippen LogP contribution is -2.42. The molecule has 3 aromatic rings. The zero-order valence-corrected chi connectivity index (χ0v) is 23.2. The molecule has 3 atom stereocenters. The third kappa shape index (κ3) is 5.44. The molecule has 0 spiro atoms. The van der Waals surface area contributed by atoms with Gasteiger partial charge in [0.1, 0.15) is 11.6 Å². The fourth-order valence-electron chi connectivity index (χ4n) is 4.45. The van der Waals surface area contributed by atoms with Crippen LogP contribution < -0.4 is 15.8 Å². The second-order valence-electron chi connectivity index (χ2n) is 9.66. The minimum Gasteiger partial charge on any atom is -0.479 e. The first-order valence-corrected chi connectivity index (χ1v) is 12.9. The number of aliphatic hydroxyl groups is 1. The van der Waals surface area contributed by atoms with Crippen molar-refractivity contribution in [2.45, 2.75) is 59.7 Å². The van der Waals surface area contributed by atoms with Crippen LogP contribution in [-0.4, -0.2) is 73.7 Å². The van der Waals surface area contributed by atoms with E-state index in [0.29, 0.717) is 30.3 Å². The monoisotopic (exact) mass is 522 g/mol. The van der Waals surface area contributed by atoms with Crippen LogP contribution >= 0.6 is 0 Å². The molecular weight excluding hydrogens is 484 g/mol. The number of aliphatic hydroxyl groups excluding tert-OH is 1. The molecule has 0 saturated carbocycles. The van der Waals surface area contributed by atoms with E-state index in [4.69, 9.17) is 25.2 Å². The number of aliphatic imine (C=N–C) groups is 1. The summed E-state index contributed by atoms with van der Waals surface area (Å²) in [7, 11) is 1.87. The van der Waals surface area contributed by atoms with Gasteiger partial charge in [0.2, 0.25) is 5.88 Å². The van der Waals surface area contributed by atoms with Crippen LogP contribution in [0.3, 0.4) is 0 Å². The van der Waals surface area contributed by atoms with Crippen molar-refractivity contribution < 1.29 is 14.6 Å². The molecule has 0 aliphatic carbocycles. The fraction of sp³-hybridized carbons (Fsp3) is 0.481. The van der Waals surface area contributed by atoms with Crippen molar-refractivity contribution in [2.24, 2.45) is 17.8 Å². The Morgan fingerprint density at radius 1 is 1.32 bits per heavy atom. The van der Waals surface area contributed by atoms with Crippen molar-refractivity contribution in [3.05, 3.63) is 40.7 Å². The summed E-state index contributed by atoms with van der Waals surface area (Å²) >= 11 is 0. The Labute approximate surface area is 222 Å². The molecule has 204 valence electrons. The summed E-state index contributed by atoms with van der Waals surface area (Å²) in [4.78, 5) is 9.62. The van der Waals surface area contributed by atoms with Gasteiger partial charge >= 0.3 is 0 Å². The van der Waals surface area contributed by atoms with Crippen LogP contribution in [0.4, 0.5) is 0 Å². The zero-order chi connectivity index (χ0) is 27.6. The van der Waals surface area contributed by atoms with E-state index in [1.165, 1.54) is 0 Å². The lowest BCUT2D eigenvalue weighted by molar-refractivity contribution is 0.167. The number of fused-ring (bicyclic) bond motifs is 3. The Morgan fingerprint density at radius 3 is 2.79 bits per heavy atom. The van der Waals surface area contributed by atoms with Gasteiger partial charge in [0.15, 0.2) is 5.88 Å². The maximum Gasteiger partial charge on any atom is 0.221 e. The third-order valence-electron chi connectivity index (χ3n) is 6.70. The molecular formula is C27H38N8O3. The van der Waals surface area contributed by atoms with Gasteiger partial charge in [-0.1, -0.05) is 0 Å². The smallest absolute Gasteiger partial charge is 0.221 e. The number of hydrogen-bond acceptors (Lipinski definition) is 9. The van der Waals surface area contributed by atoms with Crippen molar-refractivity contribution in [1.82, 2.24) is 30.3 Å². The molecule has 1 aliphatic rings. The van der Waals surface area contributed by atoms with Crippen LogP contribution in [0.5, 0.6) is 5.88 Å². The van der Waals surface area contributed by atoms with Crippen molar-refractivity contribution in [3.8, 4) is 17.1 Å². The van der Waals surface area contributed by atoms with Gasteiger partial charge in [0, 0.05) is 25.0 Å². The number of H-pyrrole nitrogens is 1. The highest BCUT2D eigenvalue weighted by Gasteiger charge is 2.25. The Hall–Kier alpha value is -3.70. The number of hydrogen-bond donors (Lipinski definition) is 4. The lowest BCUT2D eigenvalue weighted by Gasteiger charge is -2.24. The molecule has 4 rings (SSSR count). The molecule has 2 bridgehead atoms. The maximum absolute atomic E-state index is 9.72.